The van der Waals surface area contributed by atoms with Gasteiger partial charge in [-0.15, -0.1) is 11.3 Å². The first-order valence-electron chi connectivity index (χ1n) is 16.9. The van der Waals surface area contributed by atoms with Crippen LogP contribution in [0.5, 0.6) is 0 Å². The fourth-order valence-electron chi connectivity index (χ4n) is 7.04. The minimum absolute atomic E-state index is 0.0649. The molecule has 254 valence electrons. The van der Waals surface area contributed by atoms with Gasteiger partial charge >= 0.3 is 0 Å². The maximum Gasteiger partial charge on any atom is 0.239 e. The number of carbonyl (C=O) groups excluding carboxylic acids is 2. The van der Waals surface area contributed by atoms with E-state index in [1.54, 1.807) is 11.3 Å². The van der Waals surface area contributed by atoms with E-state index in [9.17, 15) is 19.8 Å². The molecule has 4 aromatic rings. The molecule has 2 aromatic heterocycles. The molecule has 3 heterocycles. The van der Waals surface area contributed by atoms with Crippen LogP contribution in [-0.4, -0.2) is 86.8 Å². The van der Waals surface area contributed by atoms with Gasteiger partial charge in [0, 0.05) is 67.1 Å². The van der Waals surface area contributed by atoms with Gasteiger partial charge in [0.1, 0.15) is 10.9 Å². The highest BCUT2D eigenvalue weighted by molar-refractivity contribution is 7.18. The minimum Gasteiger partial charge on any atom is -0.392 e. The van der Waals surface area contributed by atoms with Crippen molar-refractivity contribution in [2.45, 2.75) is 76.4 Å². The number of hydrogen-bond acceptors (Lipinski definition) is 8. The summed E-state index contributed by atoms with van der Waals surface area (Å²) in [7, 11) is 0. The fourth-order valence-corrected chi connectivity index (χ4v) is 8.08. The molecule has 2 amide bonds. The zero-order valence-electron chi connectivity index (χ0n) is 28.0. The lowest BCUT2D eigenvalue weighted by Crippen LogP contribution is -2.61. The highest BCUT2D eigenvalue weighted by Gasteiger charge is 2.37. The van der Waals surface area contributed by atoms with Crippen LogP contribution in [0.4, 0.5) is 0 Å². The Labute approximate surface area is 287 Å². The number of aliphatic hydroxyl groups excluding tert-OH is 2. The first-order valence-corrected chi connectivity index (χ1v) is 17.7. The number of β-amino-alcohol motifs (C(OH)–C–C–N with tert-alkyl or cyclic N) is 1. The number of pyridine rings is 1. The van der Waals surface area contributed by atoms with Gasteiger partial charge in [-0.3, -0.25) is 19.4 Å². The molecule has 10 heteroatoms. The van der Waals surface area contributed by atoms with Gasteiger partial charge in [0.05, 0.1) is 18.2 Å². The highest BCUT2D eigenvalue weighted by atomic mass is 32.1. The normalized spacial score (nSPS) is 21.5. The Morgan fingerprint density at radius 2 is 1.81 bits per heavy atom. The number of amides is 2. The summed E-state index contributed by atoms with van der Waals surface area (Å²) in [4.78, 5) is 38.6. The number of hydrogen-bond donors (Lipinski definition) is 4. The first-order chi connectivity index (χ1) is 23.0. The third-order valence-electron chi connectivity index (χ3n) is 9.30. The monoisotopic (exact) mass is 669 g/mol. The molecular formula is C38H47N5O4S. The van der Waals surface area contributed by atoms with Crippen molar-refractivity contribution in [1.29, 1.82) is 0 Å². The lowest BCUT2D eigenvalue weighted by molar-refractivity contribution is -0.132. The highest BCUT2D eigenvalue weighted by Crippen LogP contribution is 2.32. The van der Waals surface area contributed by atoms with E-state index in [1.807, 2.05) is 87.6 Å². The number of carbonyl (C=O) groups is 2. The van der Waals surface area contributed by atoms with Gasteiger partial charge in [0.15, 0.2) is 0 Å². The number of nitrogens with zero attached hydrogens (tertiary/aromatic N) is 3. The lowest BCUT2D eigenvalue weighted by atomic mass is 9.91. The van der Waals surface area contributed by atoms with Crippen molar-refractivity contribution in [3.63, 3.8) is 0 Å². The van der Waals surface area contributed by atoms with Crippen molar-refractivity contribution in [3.8, 4) is 0 Å². The van der Waals surface area contributed by atoms with Crippen molar-refractivity contribution >= 4 is 33.4 Å². The van der Waals surface area contributed by atoms with E-state index in [4.69, 9.17) is 0 Å². The Kier molecular flexibility index (Phi) is 10.6. The van der Waals surface area contributed by atoms with Crippen LogP contribution in [0, 0.1) is 5.92 Å². The second-order valence-electron chi connectivity index (χ2n) is 14.3. The molecule has 1 fully saturated rings. The second kappa shape index (κ2) is 14.8. The van der Waals surface area contributed by atoms with E-state index in [0.29, 0.717) is 25.9 Å². The molecule has 0 bridgehead atoms. The van der Waals surface area contributed by atoms with Crippen LogP contribution in [0.25, 0.3) is 10.2 Å². The fraction of sp³-hybridized carbons (Fsp3) is 0.447. The Bertz CT molecular complexity index is 1670. The summed E-state index contributed by atoms with van der Waals surface area (Å²) < 4.78 is 0. The number of nitrogens with one attached hydrogen (secondary N) is 2. The Balaban J connectivity index is 1.15. The molecule has 9 nitrogen and oxygen atoms in total. The predicted molar refractivity (Wildman–Crippen MR) is 189 cm³/mol. The average molecular weight is 670 g/mol. The largest absolute Gasteiger partial charge is 0.392 e. The van der Waals surface area contributed by atoms with Crippen molar-refractivity contribution in [2.24, 2.45) is 5.92 Å². The summed E-state index contributed by atoms with van der Waals surface area (Å²) in [6.45, 7) is 8.82. The number of fused-ring (bicyclic) bond motifs is 2. The molecule has 1 aliphatic carbocycles. The summed E-state index contributed by atoms with van der Waals surface area (Å²) in [6.07, 6.45) is 1.46. The summed E-state index contributed by atoms with van der Waals surface area (Å²) in [6, 6.07) is 22.9. The number of rotatable bonds is 11. The van der Waals surface area contributed by atoms with E-state index in [-0.39, 0.29) is 24.8 Å². The molecule has 1 aliphatic heterocycles. The van der Waals surface area contributed by atoms with Crippen LogP contribution in [0.3, 0.4) is 0 Å². The molecule has 2 aromatic carbocycles. The van der Waals surface area contributed by atoms with Crippen molar-refractivity contribution in [1.82, 2.24) is 25.4 Å². The van der Waals surface area contributed by atoms with Crippen molar-refractivity contribution < 1.29 is 19.8 Å². The van der Waals surface area contributed by atoms with E-state index in [1.165, 1.54) is 4.88 Å². The summed E-state index contributed by atoms with van der Waals surface area (Å²) >= 11 is 1.68. The molecule has 48 heavy (non-hydrogen) atoms. The molecule has 0 spiro atoms. The predicted octanol–water partition coefficient (Wildman–Crippen LogP) is 4.08. The SMILES string of the molecule is CC(C)(C)NC(=O)[C@@H]1CN(Cc2cc3cccnc3s2)CCN1C[C@@H](O)C[C@H](Cc1ccccc1)C(=O)N[C@H]1c2ccccc2C[C@H]1O. The standard InChI is InChI=1S/C38H47N5O4S/c1-38(2,3)41-36(47)32-24-42(23-30-20-27-13-9-15-39-37(27)48-30)16-17-43(32)22-29(44)19-28(18-25-10-5-4-6-11-25)35(46)40-34-31-14-8-7-12-26(31)21-33(34)45/h4-15,20,28-29,32-34,44-45H,16-19,21-24H2,1-3H3,(H,40,46)(H,41,47)/t28-,29-,32-,33+,34-/m0/s1. The third-order valence-corrected chi connectivity index (χ3v) is 10.3. The van der Waals surface area contributed by atoms with E-state index >= 15 is 0 Å². The zero-order chi connectivity index (χ0) is 33.8. The molecule has 4 N–H and O–H groups in total. The van der Waals surface area contributed by atoms with E-state index in [0.717, 1.165) is 40.0 Å². The van der Waals surface area contributed by atoms with Crippen LogP contribution < -0.4 is 10.6 Å². The average Bonchev–Trinajstić information content (AvgIpc) is 3.60. The second-order valence-corrected chi connectivity index (χ2v) is 15.4. The van der Waals surface area contributed by atoms with Gasteiger partial charge in [-0.25, -0.2) is 4.98 Å². The number of piperazine rings is 1. The maximum absolute atomic E-state index is 13.9. The Morgan fingerprint density at radius 1 is 1.04 bits per heavy atom. The lowest BCUT2D eigenvalue weighted by Gasteiger charge is -2.42. The molecule has 0 unspecified atom stereocenters. The molecule has 5 atom stereocenters. The minimum atomic E-state index is -0.838. The molecular weight excluding hydrogens is 623 g/mol. The van der Waals surface area contributed by atoms with Crippen LogP contribution in [0.1, 0.15) is 54.8 Å². The van der Waals surface area contributed by atoms with Crippen LogP contribution >= 0.6 is 11.3 Å². The van der Waals surface area contributed by atoms with Crippen LogP contribution in [0.15, 0.2) is 79.0 Å². The Morgan fingerprint density at radius 3 is 2.58 bits per heavy atom. The van der Waals surface area contributed by atoms with Crippen molar-refractivity contribution in [3.05, 3.63) is 101 Å². The molecule has 0 radical (unpaired) electrons. The maximum atomic E-state index is 13.9. The smallest absolute Gasteiger partial charge is 0.239 e. The molecule has 6 rings (SSSR count). The summed E-state index contributed by atoms with van der Waals surface area (Å²) in [5, 5.41) is 29.8. The van der Waals surface area contributed by atoms with Gasteiger partial charge in [0.25, 0.3) is 0 Å². The molecule has 2 aliphatic rings. The van der Waals surface area contributed by atoms with Crippen LogP contribution in [-0.2, 0) is 29.0 Å². The number of thiophene rings is 1. The first kappa shape index (κ1) is 34.2. The topological polar surface area (TPSA) is 118 Å². The Hall–Kier alpha value is -3.67. The summed E-state index contributed by atoms with van der Waals surface area (Å²) in [5.41, 5.74) is 2.58. The van der Waals surface area contributed by atoms with Gasteiger partial charge < -0.3 is 20.8 Å². The third kappa shape index (κ3) is 8.48. The van der Waals surface area contributed by atoms with Crippen LogP contribution in [0.2, 0.25) is 0 Å². The number of aromatic nitrogens is 1. The molecule has 1 saturated heterocycles. The number of aliphatic hydroxyl groups is 2. The molecule has 0 saturated carbocycles. The summed E-state index contributed by atoms with van der Waals surface area (Å²) in [5.74, 6) is -0.778. The quantitative estimate of drug-likeness (QED) is 0.190. The van der Waals surface area contributed by atoms with Gasteiger partial charge in [0.2, 0.25) is 11.8 Å². The van der Waals surface area contributed by atoms with Gasteiger partial charge in [-0.1, -0.05) is 60.7 Å². The van der Waals surface area contributed by atoms with E-state index in [2.05, 4.69) is 37.6 Å². The zero-order valence-corrected chi connectivity index (χ0v) is 28.8. The van der Waals surface area contributed by atoms with Gasteiger partial charge in [-0.05, 0) is 62.4 Å². The number of benzene rings is 2. The van der Waals surface area contributed by atoms with Gasteiger partial charge in [-0.2, -0.15) is 0 Å². The van der Waals surface area contributed by atoms with Crippen molar-refractivity contribution in [2.75, 3.05) is 26.2 Å². The van der Waals surface area contributed by atoms with E-state index < -0.39 is 35.7 Å².